The lowest BCUT2D eigenvalue weighted by Crippen LogP contribution is -2.24. The zero-order valence-corrected chi connectivity index (χ0v) is 14.0. The number of ether oxygens (including phenoxy) is 1. The Bertz CT molecular complexity index is 557. The van der Waals surface area contributed by atoms with Crippen LogP contribution in [0, 0.1) is 11.3 Å². The van der Waals surface area contributed by atoms with E-state index in [1.165, 1.54) is 5.57 Å². The summed E-state index contributed by atoms with van der Waals surface area (Å²) in [6.45, 7) is 12.0. The molecule has 2 aliphatic rings. The summed E-state index contributed by atoms with van der Waals surface area (Å²) in [6, 6.07) is 0. The smallest absolute Gasteiger partial charge is 0.167 e. The Balaban J connectivity index is 2.16. The molecule has 1 atom stereocenters. The van der Waals surface area contributed by atoms with Crippen LogP contribution >= 0.6 is 0 Å². The Kier molecular flexibility index (Phi) is 4.01. The summed E-state index contributed by atoms with van der Waals surface area (Å²) in [5, 5.41) is 0. The van der Waals surface area contributed by atoms with Gasteiger partial charge in [-0.05, 0) is 44.9 Å². The van der Waals surface area contributed by atoms with Crippen LogP contribution in [0.2, 0.25) is 0 Å². The summed E-state index contributed by atoms with van der Waals surface area (Å²) in [4.78, 5) is 12.4. The molecule has 0 aromatic rings. The van der Waals surface area contributed by atoms with Gasteiger partial charge in [0.05, 0.1) is 0 Å². The standard InChI is InChI=1S/C19H26O2/c1-18(2,3)17(20)15-8-7-14-12-16(21-19(4,5)6)10-9-13(14)11-15/h7-8,10-13H,9H2,1-6H3. The van der Waals surface area contributed by atoms with E-state index >= 15 is 0 Å². The molecule has 0 spiro atoms. The first-order chi connectivity index (χ1) is 9.56. The van der Waals surface area contributed by atoms with Gasteiger partial charge in [-0.2, -0.15) is 0 Å². The van der Waals surface area contributed by atoms with Crippen LogP contribution in [0.3, 0.4) is 0 Å². The van der Waals surface area contributed by atoms with Crippen molar-refractivity contribution in [2.75, 3.05) is 0 Å². The first-order valence-corrected chi connectivity index (χ1v) is 7.62. The zero-order valence-electron chi connectivity index (χ0n) is 14.0. The van der Waals surface area contributed by atoms with Crippen molar-refractivity contribution in [2.45, 2.75) is 53.6 Å². The molecule has 0 bridgehead atoms. The molecule has 0 radical (unpaired) electrons. The van der Waals surface area contributed by atoms with Gasteiger partial charge in [0.1, 0.15) is 11.4 Å². The molecule has 0 heterocycles. The van der Waals surface area contributed by atoms with E-state index < -0.39 is 0 Å². The summed E-state index contributed by atoms with van der Waals surface area (Å²) in [6.07, 6.45) is 11.2. The van der Waals surface area contributed by atoms with E-state index in [0.29, 0.717) is 5.92 Å². The molecule has 0 aliphatic heterocycles. The summed E-state index contributed by atoms with van der Waals surface area (Å²) in [5.41, 5.74) is 1.54. The minimum Gasteiger partial charge on any atom is -0.488 e. The zero-order chi connectivity index (χ0) is 15.8. The number of rotatable bonds is 2. The van der Waals surface area contributed by atoms with E-state index in [-0.39, 0.29) is 16.8 Å². The van der Waals surface area contributed by atoms with E-state index in [1.54, 1.807) is 0 Å². The first-order valence-electron chi connectivity index (χ1n) is 7.62. The third kappa shape index (κ3) is 3.96. The van der Waals surface area contributed by atoms with Crippen LogP contribution < -0.4 is 0 Å². The third-order valence-corrected chi connectivity index (χ3v) is 3.51. The van der Waals surface area contributed by atoms with Crippen molar-refractivity contribution in [3.63, 3.8) is 0 Å². The molecule has 0 saturated heterocycles. The maximum absolute atomic E-state index is 12.4. The lowest BCUT2D eigenvalue weighted by atomic mass is 9.79. The largest absolute Gasteiger partial charge is 0.488 e. The molecule has 2 nitrogen and oxygen atoms in total. The lowest BCUT2D eigenvalue weighted by molar-refractivity contribution is -0.122. The molecule has 2 heteroatoms. The summed E-state index contributed by atoms with van der Waals surface area (Å²) in [5.74, 6) is 1.43. The van der Waals surface area contributed by atoms with E-state index in [2.05, 4.69) is 45.1 Å². The Hall–Kier alpha value is -1.57. The van der Waals surface area contributed by atoms with E-state index in [9.17, 15) is 4.79 Å². The fraction of sp³-hybridized carbons (Fsp3) is 0.526. The maximum Gasteiger partial charge on any atom is 0.167 e. The van der Waals surface area contributed by atoms with E-state index in [0.717, 1.165) is 17.8 Å². The van der Waals surface area contributed by atoms with Crippen LogP contribution in [0.25, 0.3) is 0 Å². The molecule has 0 amide bonds. The molecule has 114 valence electrons. The number of carbonyl (C=O) groups is 1. The summed E-state index contributed by atoms with van der Waals surface area (Å²) in [7, 11) is 0. The molecular weight excluding hydrogens is 260 g/mol. The Morgan fingerprint density at radius 2 is 1.81 bits per heavy atom. The normalized spacial score (nSPS) is 22.0. The molecule has 0 saturated carbocycles. The highest BCUT2D eigenvalue weighted by Gasteiger charge is 2.27. The fourth-order valence-electron chi connectivity index (χ4n) is 2.51. The van der Waals surface area contributed by atoms with Gasteiger partial charge in [-0.15, -0.1) is 0 Å². The average molecular weight is 286 g/mol. The number of Topliss-reactive ketones (excluding diaryl/α,β-unsaturated/α-hetero) is 1. The molecule has 0 N–H and O–H groups in total. The van der Waals surface area contributed by atoms with Crippen molar-refractivity contribution in [1.29, 1.82) is 0 Å². The van der Waals surface area contributed by atoms with Crippen LogP contribution in [0.4, 0.5) is 0 Å². The van der Waals surface area contributed by atoms with Crippen molar-refractivity contribution < 1.29 is 9.53 Å². The van der Waals surface area contributed by atoms with Crippen molar-refractivity contribution in [1.82, 2.24) is 0 Å². The van der Waals surface area contributed by atoms with Gasteiger partial charge in [0.2, 0.25) is 0 Å². The van der Waals surface area contributed by atoms with Crippen molar-refractivity contribution in [3.05, 3.63) is 47.3 Å². The number of allylic oxidation sites excluding steroid dienone is 7. The van der Waals surface area contributed by atoms with Crippen LogP contribution in [0.1, 0.15) is 48.0 Å². The topological polar surface area (TPSA) is 26.3 Å². The van der Waals surface area contributed by atoms with Gasteiger partial charge in [-0.1, -0.05) is 39.0 Å². The van der Waals surface area contributed by atoms with Crippen LogP contribution in [-0.2, 0) is 9.53 Å². The van der Waals surface area contributed by atoms with Gasteiger partial charge in [-0.3, -0.25) is 4.79 Å². The van der Waals surface area contributed by atoms with Crippen LogP contribution in [-0.4, -0.2) is 11.4 Å². The molecule has 2 aliphatic carbocycles. The SMILES string of the molecule is CC(C)(C)OC1=CCC2C=C(C(=O)C(C)(C)C)C=CC2=C1. The first kappa shape index (κ1) is 15.8. The molecule has 0 aromatic carbocycles. The fourth-order valence-corrected chi connectivity index (χ4v) is 2.51. The van der Waals surface area contributed by atoms with Gasteiger partial charge >= 0.3 is 0 Å². The molecular formula is C19H26O2. The highest BCUT2D eigenvalue weighted by Crippen LogP contribution is 2.34. The minimum atomic E-state index is -0.331. The number of ketones is 1. The predicted octanol–water partition coefficient (Wildman–Crippen LogP) is 4.74. The van der Waals surface area contributed by atoms with Gasteiger partial charge in [-0.25, -0.2) is 0 Å². The monoisotopic (exact) mass is 286 g/mol. The number of carbonyl (C=O) groups excluding carboxylic acids is 1. The average Bonchev–Trinajstić information content (AvgIpc) is 2.34. The second-order valence-electron chi connectivity index (χ2n) is 7.84. The van der Waals surface area contributed by atoms with Gasteiger partial charge in [0, 0.05) is 16.9 Å². The Labute approximate surface area is 128 Å². The number of hydrogen-bond acceptors (Lipinski definition) is 2. The minimum absolute atomic E-state index is 0.183. The molecule has 2 rings (SSSR count). The van der Waals surface area contributed by atoms with Crippen LogP contribution in [0.5, 0.6) is 0 Å². The number of fused-ring (bicyclic) bond motifs is 1. The molecule has 0 aromatic heterocycles. The molecule has 21 heavy (non-hydrogen) atoms. The molecule has 0 fully saturated rings. The number of hydrogen-bond donors (Lipinski definition) is 0. The second-order valence-corrected chi connectivity index (χ2v) is 7.84. The van der Waals surface area contributed by atoms with E-state index in [4.69, 9.17) is 4.74 Å². The van der Waals surface area contributed by atoms with Crippen molar-refractivity contribution in [3.8, 4) is 0 Å². The quantitative estimate of drug-likeness (QED) is 0.732. The van der Waals surface area contributed by atoms with Crippen molar-refractivity contribution in [2.24, 2.45) is 11.3 Å². The van der Waals surface area contributed by atoms with E-state index in [1.807, 2.05) is 26.8 Å². The lowest BCUT2D eigenvalue weighted by Gasteiger charge is -2.28. The highest BCUT2D eigenvalue weighted by molar-refractivity contribution is 6.02. The summed E-state index contributed by atoms with van der Waals surface area (Å²) >= 11 is 0. The van der Waals surface area contributed by atoms with Gasteiger partial charge < -0.3 is 4.74 Å². The van der Waals surface area contributed by atoms with Crippen LogP contribution in [0.15, 0.2) is 47.3 Å². The third-order valence-electron chi connectivity index (χ3n) is 3.51. The van der Waals surface area contributed by atoms with Gasteiger partial charge in [0.15, 0.2) is 5.78 Å². The predicted molar refractivity (Wildman–Crippen MR) is 86.8 cm³/mol. The highest BCUT2D eigenvalue weighted by atomic mass is 16.5. The maximum atomic E-state index is 12.4. The molecule has 1 unspecified atom stereocenters. The van der Waals surface area contributed by atoms with Crippen molar-refractivity contribution >= 4 is 5.78 Å². The second kappa shape index (κ2) is 5.32. The Morgan fingerprint density at radius 1 is 1.14 bits per heavy atom. The summed E-state index contributed by atoms with van der Waals surface area (Å²) < 4.78 is 5.92. The van der Waals surface area contributed by atoms with Gasteiger partial charge in [0.25, 0.3) is 0 Å². The Morgan fingerprint density at radius 3 is 2.38 bits per heavy atom.